The Morgan fingerprint density at radius 1 is 1.38 bits per heavy atom. The molecule has 2 heteroatoms. The van der Waals surface area contributed by atoms with Gasteiger partial charge in [-0.3, -0.25) is 0 Å². The zero-order chi connectivity index (χ0) is 9.26. The van der Waals surface area contributed by atoms with Crippen LogP contribution in [0, 0.1) is 0 Å². The maximum absolute atomic E-state index is 5.69. The largest absolute Gasteiger partial charge is 0.367 e. The molecule has 0 fully saturated rings. The minimum absolute atomic E-state index is 0.270. The highest BCUT2D eigenvalue weighted by Gasteiger charge is 2.22. The van der Waals surface area contributed by atoms with Crippen LogP contribution in [-0.4, -0.2) is 25.5 Å². The molecular weight excluding hydrogens is 162 g/mol. The smallest absolute Gasteiger partial charge is 0.0959 e. The summed E-state index contributed by atoms with van der Waals surface area (Å²) in [5.74, 6) is 0. The highest BCUT2D eigenvalue weighted by molar-refractivity contribution is 5.31. The van der Waals surface area contributed by atoms with Crippen LogP contribution in [0.2, 0.25) is 0 Å². The molecule has 1 aliphatic rings. The third-order valence-electron chi connectivity index (χ3n) is 2.37. The molecule has 0 saturated heterocycles. The maximum Gasteiger partial charge on any atom is 0.0959 e. The van der Waals surface area contributed by atoms with E-state index >= 15 is 0 Å². The molecule has 0 saturated carbocycles. The summed E-state index contributed by atoms with van der Waals surface area (Å²) in [7, 11) is 4.15. The first-order chi connectivity index (χ1) is 6.27. The molecule has 0 aliphatic carbocycles. The summed E-state index contributed by atoms with van der Waals surface area (Å²) < 4.78 is 5.69. The summed E-state index contributed by atoms with van der Waals surface area (Å²) in [4.78, 5) is 2.16. The van der Waals surface area contributed by atoms with E-state index in [1.165, 1.54) is 11.1 Å². The van der Waals surface area contributed by atoms with Crippen molar-refractivity contribution >= 4 is 0 Å². The predicted octanol–water partition coefficient (Wildman–Crippen LogP) is 1.82. The molecular formula is C11H15NO. The van der Waals surface area contributed by atoms with E-state index in [2.05, 4.69) is 43.3 Å². The second-order valence-corrected chi connectivity index (χ2v) is 3.76. The number of benzene rings is 1. The Morgan fingerprint density at radius 2 is 2.15 bits per heavy atom. The van der Waals surface area contributed by atoms with Crippen LogP contribution in [0.3, 0.4) is 0 Å². The van der Waals surface area contributed by atoms with E-state index in [0.29, 0.717) is 0 Å². The topological polar surface area (TPSA) is 12.5 Å². The zero-order valence-electron chi connectivity index (χ0n) is 8.16. The predicted molar refractivity (Wildman–Crippen MR) is 52.5 cm³/mol. The van der Waals surface area contributed by atoms with Crippen molar-refractivity contribution in [1.29, 1.82) is 0 Å². The molecule has 2 rings (SSSR count). The van der Waals surface area contributed by atoms with Gasteiger partial charge >= 0.3 is 0 Å². The quantitative estimate of drug-likeness (QED) is 0.683. The second-order valence-electron chi connectivity index (χ2n) is 3.76. The molecule has 0 aromatic heterocycles. The van der Waals surface area contributed by atoms with Gasteiger partial charge in [0.25, 0.3) is 0 Å². The van der Waals surface area contributed by atoms with E-state index in [0.717, 1.165) is 13.2 Å². The van der Waals surface area contributed by atoms with Crippen molar-refractivity contribution in [2.75, 3.05) is 20.6 Å². The van der Waals surface area contributed by atoms with Crippen LogP contribution in [0.15, 0.2) is 24.3 Å². The SMILES string of the molecule is CN(C)CC1OCc2ccccc21. The van der Waals surface area contributed by atoms with Gasteiger partial charge in [-0.05, 0) is 25.2 Å². The van der Waals surface area contributed by atoms with Crippen LogP contribution < -0.4 is 0 Å². The van der Waals surface area contributed by atoms with Crippen LogP contribution in [0.25, 0.3) is 0 Å². The van der Waals surface area contributed by atoms with Crippen molar-refractivity contribution < 1.29 is 4.74 Å². The van der Waals surface area contributed by atoms with Gasteiger partial charge in [0, 0.05) is 6.54 Å². The molecule has 70 valence electrons. The molecule has 1 aromatic rings. The fourth-order valence-electron chi connectivity index (χ4n) is 1.74. The maximum atomic E-state index is 5.69. The molecule has 0 spiro atoms. The van der Waals surface area contributed by atoms with Crippen LogP contribution in [0.5, 0.6) is 0 Å². The Balaban J connectivity index is 2.18. The van der Waals surface area contributed by atoms with Crippen molar-refractivity contribution in [1.82, 2.24) is 4.90 Å². The number of nitrogens with zero attached hydrogens (tertiary/aromatic N) is 1. The number of hydrogen-bond acceptors (Lipinski definition) is 2. The van der Waals surface area contributed by atoms with Crippen molar-refractivity contribution in [3.05, 3.63) is 35.4 Å². The molecule has 1 heterocycles. The lowest BCUT2D eigenvalue weighted by atomic mass is 10.1. The average Bonchev–Trinajstić information content (AvgIpc) is 2.48. The van der Waals surface area contributed by atoms with Crippen molar-refractivity contribution in [3.8, 4) is 0 Å². The molecule has 0 radical (unpaired) electrons. The van der Waals surface area contributed by atoms with Crippen molar-refractivity contribution in [2.24, 2.45) is 0 Å². The lowest BCUT2D eigenvalue weighted by Gasteiger charge is -2.16. The molecule has 0 N–H and O–H groups in total. The molecule has 1 aliphatic heterocycles. The average molecular weight is 177 g/mol. The summed E-state index contributed by atoms with van der Waals surface area (Å²) in [6.45, 7) is 1.74. The second kappa shape index (κ2) is 3.48. The van der Waals surface area contributed by atoms with Gasteiger partial charge in [-0.2, -0.15) is 0 Å². The van der Waals surface area contributed by atoms with E-state index in [1.807, 2.05) is 0 Å². The van der Waals surface area contributed by atoms with Crippen LogP contribution in [0.1, 0.15) is 17.2 Å². The Morgan fingerprint density at radius 3 is 2.92 bits per heavy atom. The van der Waals surface area contributed by atoms with Gasteiger partial charge in [0.05, 0.1) is 12.7 Å². The molecule has 1 unspecified atom stereocenters. The number of ether oxygens (including phenoxy) is 1. The van der Waals surface area contributed by atoms with Gasteiger partial charge in [0.15, 0.2) is 0 Å². The highest BCUT2D eigenvalue weighted by atomic mass is 16.5. The summed E-state index contributed by atoms with van der Waals surface area (Å²) >= 11 is 0. The molecule has 13 heavy (non-hydrogen) atoms. The molecule has 1 atom stereocenters. The van der Waals surface area contributed by atoms with Gasteiger partial charge in [-0.25, -0.2) is 0 Å². The summed E-state index contributed by atoms with van der Waals surface area (Å²) in [6.07, 6.45) is 0.270. The van der Waals surface area contributed by atoms with Crippen LogP contribution in [0.4, 0.5) is 0 Å². The lowest BCUT2D eigenvalue weighted by molar-refractivity contribution is 0.0475. The van der Waals surface area contributed by atoms with Crippen molar-refractivity contribution in [2.45, 2.75) is 12.7 Å². The fourth-order valence-corrected chi connectivity index (χ4v) is 1.74. The minimum Gasteiger partial charge on any atom is -0.367 e. The lowest BCUT2D eigenvalue weighted by Crippen LogP contribution is -2.19. The number of rotatable bonds is 2. The van der Waals surface area contributed by atoms with Crippen LogP contribution in [-0.2, 0) is 11.3 Å². The first-order valence-electron chi connectivity index (χ1n) is 4.61. The van der Waals surface area contributed by atoms with E-state index < -0.39 is 0 Å². The number of hydrogen-bond donors (Lipinski definition) is 0. The molecule has 2 nitrogen and oxygen atoms in total. The fraction of sp³-hybridized carbons (Fsp3) is 0.455. The van der Waals surface area contributed by atoms with Gasteiger partial charge in [-0.1, -0.05) is 24.3 Å². The standard InChI is InChI=1S/C11H15NO/c1-12(2)7-11-10-6-4-3-5-9(10)8-13-11/h3-6,11H,7-8H2,1-2H3. The van der Waals surface area contributed by atoms with Gasteiger partial charge in [0.1, 0.15) is 0 Å². The molecule has 0 bridgehead atoms. The Labute approximate surface area is 79.1 Å². The van der Waals surface area contributed by atoms with E-state index in [-0.39, 0.29) is 6.10 Å². The summed E-state index contributed by atoms with van der Waals surface area (Å²) in [5.41, 5.74) is 2.70. The van der Waals surface area contributed by atoms with E-state index in [1.54, 1.807) is 0 Å². The third kappa shape index (κ3) is 1.74. The van der Waals surface area contributed by atoms with Gasteiger partial charge in [0.2, 0.25) is 0 Å². The molecule has 0 amide bonds. The Bertz CT molecular complexity index is 296. The van der Waals surface area contributed by atoms with E-state index in [9.17, 15) is 0 Å². The molecule has 1 aromatic carbocycles. The normalized spacial score (nSPS) is 20.7. The van der Waals surface area contributed by atoms with Crippen molar-refractivity contribution in [3.63, 3.8) is 0 Å². The first kappa shape index (κ1) is 8.73. The first-order valence-corrected chi connectivity index (χ1v) is 4.61. The van der Waals surface area contributed by atoms with E-state index in [4.69, 9.17) is 4.74 Å². The summed E-state index contributed by atoms with van der Waals surface area (Å²) in [6, 6.07) is 8.46. The number of fused-ring (bicyclic) bond motifs is 1. The Hall–Kier alpha value is -0.860. The third-order valence-corrected chi connectivity index (χ3v) is 2.37. The highest BCUT2D eigenvalue weighted by Crippen LogP contribution is 2.30. The monoisotopic (exact) mass is 177 g/mol. The number of likely N-dealkylation sites (N-methyl/N-ethyl adjacent to an activating group) is 1. The summed E-state index contributed by atoms with van der Waals surface area (Å²) in [5, 5.41) is 0. The minimum atomic E-state index is 0.270. The Kier molecular flexibility index (Phi) is 2.34. The van der Waals surface area contributed by atoms with Gasteiger partial charge in [-0.15, -0.1) is 0 Å². The van der Waals surface area contributed by atoms with Crippen LogP contribution >= 0.6 is 0 Å². The van der Waals surface area contributed by atoms with Gasteiger partial charge < -0.3 is 9.64 Å². The zero-order valence-corrected chi connectivity index (χ0v) is 8.16.